The van der Waals surface area contributed by atoms with Gasteiger partial charge in [-0.15, -0.1) is 11.3 Å². The maximum Gasteiger partial charge on any atom is 0.305 e. The largest absolute Gasteiger partial charge is 0.493 e. The first-order chi connectivity index (χ1) is 12.7. The Labute approximate surface area is 152 Å². The number of methoxy groups -OCH3 is 1. The average molecular weight is 373 g/mol. The summed E-state index contributed by atoms with van der Waals surface area (Å²) >= 11 is 1.48. The molecule has 0 spiro atoms. The first-order valence-corrected chi connectivity index (χ1v) is 8.43. The molecule has 0 fully saturated rings. The highest BCUT2D eigenvalue weighted by molar-refractivity contribution is 7.07. The molecule has 2 N–H and O–H groups in total. The van der Waals surface area contributed by atoms with Crippen LogP contribution in [0.5, 0.6) is 11.5 Å². The second-order valence-electron chi connectivity index (χ2n) is 5.02. The van der Waals surface area contributed by atoms with Gasteiger partial charge in [0, 0.05) is 10.9 Å². The Balaban J connectivity index is 1.62. The lowest BCUT2D eigenvalue weighted by atomic mass is 10.2. The van der Waals surface area contributed by atoms with Crippen LogP contribution in [0.25, 0.3) is 0 Å². The van der Waals surface area contributed by atoms with Gasteiger partial charge in [0.2, 0.25) is 0 Å². The number of carbonyl (C=O) groups excluding carboxylic acids is 2. The number of thiazole rings is 1. The van der Waals surface area contributed by atoms with Crippen molar-refractivity contribution in [3.05, 3.63) is 64.5 Å². The number of benzene rings is 1. The van der Waals surface area contributed by atoms with Crippen molar-refractivity contribution in [3.63, 3.8) is 0 Å². The van der Waals surface area contributed by atoms with E-state index in [9.17, 15) is 9.59 Å². The molecule has 2 aromatic heterocycles. The van der Waals surface area contributed by atoms with Crippen molar-refractivity contribution in [2.45, 2.75) is 6.61 Å². The molecule has 0 saturated carbocycles. The molecule has 0 saturated heterocycles. The van der Waals surface area contributed by atoms with E-state index in [0.717, 1.165) is 5.69 Å². The maximum absolute atomic E-state index is 12.2. The minimum Gasteiger partial charge on any atom is -0.493 e. The molecule has 0 unspecified atom stereocenters. The van der Waals surface area contributed by atoms with Gasteiger partial charge in [-0.2, -0.15) is 0 Å². The van der Waals surface area contributed by atoms with Crippen molar-refractivity contribution in [1.29, 1.82) is 0 Å². The second kappa shape index (κ2) is 8.17. The third-order valence-corrected chi connectivity index (χ3v) is 3.95. The van der Waals surface area contributed by atoms with Crippen LogP contribution in [0.1, 0.15) is 26.6 Å². The van der Waals surface area contributed by atoms with Crippen molar-refractivity contribution >= 4 is 23.2 Å². The number of hydrogen-bond donors (Lipinski definition) is 2. The highest BCUT2D eigenvalue weighted by Crippen LogP contribution is 2.28. The molecule has 0 radical (unpaired) electrons. The molecule has 2 heterocycles. The molecule has 9 heteroatoms. The normalized spacial score (nSPS) is 10.2. The summed E-state index contributed by atoms with van der Waals surface area (Å²) < 4.78 is 15.9. The molecule has 0 bridgehead atoms. The minimum absolute atomic E-state index is 0.0914. The van der Waals surface area contributed by atoms with Crippen molar-refractivity contribution in [2.24, 2.45) is 0 Å². The van der Waals surface area contributed by atoms with Crippen LogP contribution in [0.3, 0.4) is 0 Å². The van der Waals surface area contributed by atoms with E-state index in [-0.39, 0.29) is 5.76 Å². The summed E-state index contributed by atoms with van der Waals surface area (Å²) in [6, 6.07) is 7.76. The third-order valence-electron chi connectivity index (χ3n) is 3.32. The number of hydrazine groups is 1. The van der Waals surface area contributed by atoms with Gasteiger partial charge in [-0.05, 0) is 30.3 Å². The molecule has 0 aliphatic heterocycles. The second-order valence-corrected chi connectivity index (χ2v) is 5.74. The predicted molar refractivity (Wildman–Crippen MR) is 93.1 cm³/mol. The van der Waals surface area contributed by atoms with E-state index >= 15 is 0 Å². The number of hydrogen-bond acceptors (Lipinski definition) is 7. The maximum atomic E-state index is 12.2. The molecule has 26 heavy (non-hydrogen) atoms. The van der Waals surface area contributed by atoms with E-state index in [1.807, 2.05) is 5.38 Å². The fraction of sp³-hybridized carbons (Fsp3) is 0.118. The van der Waals surface area contributed by atoms with Crippen molar-refractivity contribution in [3.8, 4) is 11.5 Å². The molecular formula is C17H15N3O5S. The molecule has 134 valence electrons. The molecule has 8 nitrogen and oxygen atoms in total. The Morgan fingerprint density at radius 2 is 2.04 bits per heavy atom. The lowest BCUT2D eigenvalue weighted by Crippen LogP contribution is -2.41. The number of aromatic nitrogens is 1. The van der Waals surface area contributed by atoms with Gasteiger partial charge in [0.05, 0.1) is 24.6 Å². The summed E-state index contributed by atoms with van der Waals surface area (Å²) in [7, 11) is 1.48. The average Bonchev–Trinajstić information content (AvgIpc) is 3.37. The van der Waals surface area contributed by atoms with Gasteiger partial charge in [-0.1, -0.05) is 0 Å². The zero-order valence-electron chi connectivity index (χ0n) is 13.7. The van der Waals surface area contributed by atoms with E-state index in [1.165, 1.54) is 36.8 Å². The van der Waals surface area contributed by atoms with Gasteiger partial charge in [0.15, 0.2) is 17.3 Å². The van der Waals surface area contributed by atoms with E-state index < -0.39 is 11.8 Å². The van der Waals surface area contributed by atoms with Crippen LogP contribution in [0.2, 0.25) is 0 Å². The molecule has 0 atom stereocenters. The topological polar surface area (TPSA) is 103 Å². The highest BCUT2D eigenvalue weighted by Gasteiger charge is 2.14. The predicted octanol–water partition coefficient (Wildman–Crippen LogP) is 2.40. The first-order valence-electron chi connectivity index (χ1n) is 7.49. The van der Waals surface area contributed by atoms with Crippen LogP contribution in [-0.4, -0.2) is 23.9 Å². The fourth-order valence-corrected chi connectivity index (χ4v) is 2.59. The number of nitrogens with one attached hydrogen (secondary N) is 2. The third kappa shape index (κ3) is 4.19. The number of carbonyl (C=O) groups is 2. The summed E-state index contributed by atoms with van der Waals surface area (Å²) in [5.74, 6) is -0.0941. The molecule has 3 aromatic rings. The smallest absolute Gasteiger partial charge is 0.305 e. The highest BCUT2D eigenvalue weighted by atomic mass is 32.1. The Hall–Kier alpha value is -3.33. The van der Waals surface area contributed by atoms with Crippen LogP contribution in [-0.2, 0) is 6.61 Å². The molecule has 0 aliphatic rings. The monoisotopic (exact) mass is 373 g/mol. The standard InChI is InChI=1S/C17H15N3O5S/c1-23-15-7-11(4-5-13(15)25-8-12-9-26-10-18-12)16(21)19-20-17(22)14-3-2-6-24-14/h2-7,9-10H,8H2,1H3,(H,19,21)(H,20,22). The molecule has 3 rings (SSSR count). The van der Waals surface area contributed by atoms with Gasteiger partial charge in [0.25, 0.3) is 5.91 Å². The lowest BCUT2D eigenvalue weighted by molar-refractivity contribution is 0.0830. The number of ether oxygens (including phenoxy) is 2. The zero-order valence-corrected chi connectivity index (χ0v) is 14.5. The first kappa shape index (κ1) is 17.5. The van der Waals surface area contributed by atoms with Crippen molar-refractivity contribution in [1.82, 2.24) is 15.8 Å². The van der Waals surface area contributed by atoms with E-state index in [4.69, 9.17) is 13.9 Å². The summed E-state index contributed by atoms with van der Waals surface area (Å²) in [6.07, 6.45) is 1.37. The van der Waals surface area contributed by atoms with Gasteiger partial charge in [-0.25, -0.2) is 4.98 Å². The number of rotatable bonds is 6. The SMILES string of the molecule is COc1cc(C(=O)NNC(=O)c2ccco2)ccc1OCc1cscn1. The molecule has 1 aromatic carbocycles. The Bertz CT molecular complexity index is 878. The summed E-state index contributed by atoms with van der Waals surface area (Å²) in [5.41, 5.74) is 7.40. The quantitative estimate of drug-likeness (QED) is 0.643. The van der Waals surface area contributed by atoms with Crippen LogP contribution < -0.4 is 20.3 Å². The molecule has 0 aliphatic carbocycles. The summed E-state index contributed by atoms with van der Waals surface area (Å²) in [5, 5.41) is 1.88. The zero-order chi connectivity index (χ0) is 18.4. The fourth-order valence-electron chi connectivity index (χ4n) is 2.04. The van der Waals surface area contributed by atoms with Gasteiger partial charge < -0.3 is 13.9 Å². The number of furan rings is 1. The number of amides is 2. The Morgan fingerprint density at radius 3 is 2.73 bits per heavy atom. The minimum atomic E-state index is -0.557. The molecular weight excluding hydrogens is 358 g/mol. The van der Waals surface area contributed by atoms with Crippen molar-refractivity contribution < 1.29 is 23.5 Å². The Morgan fingerprint density at radius 1 is 1.19 bits per heavy atom. The van der Waals surface area contributed by atoms with E-state index in [1.54, 1.807) is 23.7 Å². The van der Waals surface area contributed by atoms with E-state index in [0.29, 0.717) is 23.7 Å². The van der Waals surface area contributed by atoms with Gasteiger partial charge in [0.1, 0.15) is 6.61 Å². The summed E-state index contributed by atoms with van der Waals surface area (Å²) in [6.45, 7) is 0.296. The number of nitrogens with zero attached hydrogens (tertiary/aromatic N) is 1. The van der Waals surface area contributed by atoms with Crippen LogP contribution >= 0.6 is 11.3 Å². The summed E-state index contributed by atoms with van der Waals surface area (Å²) in [4.78, 5) is 28.1. The van der Waals surface area contributed by atoms with Crippen LogP contribution in [0.15, 0.2) is 51.9 Å². The van der Waals surface area contributed by atoms with Crippen LogP contribution in [0.4, 0.5) is 0 Å². The van der Waals surface area contributed by atoms with E-state index in [2.05, 4.69) is 15.8 Å². The van der Waals surface area contributed by atoms with Crippen molar-refractivity contribution in [2.75, 3.05) is 7.11 Å². The van der Waals surface area contributed by atoms with Gasteiger partial charge in [-0.3, -0.25) is 20.4 Å². The lowest BCUT2D eigenvalue weighted by Gasteiger charge is -2.12. The van der Waals surface area contributed by atoms with Gasteiger partial charge >= 0.3 is 5.91 Å². The molecule has 2 amide bonds. The Kier molecular flexibility index (Phi) is 5.49. The van der Waals surface area contributed by atoms with Crippen LogP contribution in [0, 0.1) is 0 Å².